The van der Waals surface area contributed by atoms with E-state index in [1.165, 1.54) is 32.1 Å². The molecule has 11 heavy (non-hydrogen) atoms. The van der Waals surface area contributed by atoms with Crippen LogP contribution in [-0.2, 0) is 4.79 Å². The zero-order valence-electron chi connectivity index (χ0n) is 7.38. The van der Waals surface area contributed by atoms with E-state index in [1.807, 2.05) is 6.08 Å². The van der Waals surface area contributed by atoms with Crippen molar-refractivity contribution in [3.05, 3.63) is 12.2 Å². The molecule has 0 aliphatic carbocycles. The predicted octanol–water partition coefficient (Wildman–Crippen LogP) is 3.10. The molecule has 0 radical (unpaired) electrons. The summed E-state index contributed by atoms with van der Waals surface area (Å²) in [5, 5.41) is 0. The van der Waals surface area contributed by atoms with Gasteiger partial charge in [-0.1, -0.05) is 38.7 Å². The molecule has 0 fully saturated rings. The van der Waals surface area contributed by atoms with Gasteiger partial charge >= 0.3 is 0 Å². The van der Waals surface area contributed by atoms with E-state index in [-0.39, 0.29) is 0 Å². The van der Waals surface area contributed by atoms with Gasteiger partial charge in [-0.15, -0.1) is 0 Å². The maximum Gasteiger partial charge on any atom is 0.142 e. The van der Waals surface area contributed by atoms with E-state index in [9.17, 15) is 4.79 Å². The summed E-state index contributed by atoms with van der Waals surface area (Å²) in [5.74, 6) is 0. The molecule has 0 atom stereocenters. The second-order valence-electron chi connectivity index (χ2n) is 2.77. The third-order valence-electron chi connectivity index (χ3n) is 1.69. The van der Waals surface area contributed by atoms with Gasteiger partial charge in [-0.3, -0.25) is 4.79 Å². The highest BCUT2D eigenvalue weighted by molar-refractivity contribution is 5.64. The van der Waals surface area contributed by atoms with E-state index >= 15 is 0 Å². The SMILES string of the molecule is CCCCCCC/C=C\C=O. The maximum atomic E-state index is 9.85. The third kappa shape index (κ3) is 9.41. The summed E-state index contributed by atoms with van der Waals surface area (Å²) in [6.45, 7) is 2.21. The summed E-state index contributed by atoms with van der Waals surface area (Å²) in [7, 11) is 0. The topological polar surface area (TPSA) is 17.1 Å². The van der Waals surface area contributed by atoms with Crippen molar-refractivity contribution >= 4 is 6.29 Å². The Morgan fingerprint density at radius 1 is 1.09 bits per heavy atom. The van der Waals surface area contributed by atoms with Crippen LogP contribution in [0.1, 0.15) is 45.4 Å². The molecule has 0 aliphatic heterocycles. The van der Waals surface area contributed by atoms with Crippen LogP contribution in [0.4, 0.5) is 0 Å². The summed E-state index contributed by atoms with van der Waals surface area (Å²) in [5.41, 5.74) is 0. The van der Waals surface area contributed by atoms with Crippen molar-refractivity contribution in [2.75, 3.05) is 0 Å². The van der Waals surface area contributed by atoms with E-state index in [0.29, 0.717) is 0 Å². The van der Waals surface area contributed by atoms with E-state index in [2.05, 4.69) is 6.92 Å². The molecule has 0 N–H and O–H groups in total. The van der Waals surface area contributed by atoms with Crippen LogP contribution in [0.25, 0.3) is 0 Å². The summed E-state index contributed by atoms with van der Waals surface area (Å²) in [4.78, 5) is 9.85. The molecule has 0 heterocycles. The van der Waals surface area contributed by atoms with Gasteiger partial charge in [0, 0.05) is 0 Å². The van der Waals surface area contributed by atoms with Crippen molar-refractivity contribution in [2.24, 2.45) is 0 Å². The maximum absolute atomic E-state index is 9.85. The molecule has 0 aromatic carbocycles. The van der Waals surface area contributed by atoms with Crippen LogP contribution in [0.3, 0.4) is 0 Å². The fraction of sp³-hybridized carbons (Fsp3) is 0.700. The lowest BCUT2D eigenvalue weighted by atomic mass is 10.1. The van der Waals surface area contributed by atoms with Crippen LogP contribution in [0.15, 0.2) is 12.2 Å². The molecule has 0 spiro atoms. The second kappa shape index (κ2) is 9.41. The highest BCUT2D eigenvalue weighted by Gasteiger charge is 1.85. The molecule has 0 unspecified atom stereocenters. The van der Waals surface area contributed by atoms with Crippen LogP contribution < -0.4 is 0 Å². The fourth-order valence-corrected chi connectivity index (χ4v) is 1.02. The molecule has 0 bridgehead atoms. The van der Waals surface area contributed by atoms with Crippen LogP contribution in [0.2, 0.25) is 0 Å². The molecule has 0 saturated heterocycles. The fourth-order valence-electron chi connectivity index (χ4n) is 1.02. The van der Waals surface area contributed by atoms with Gasteiger partial charge in [0.15, 0.2) is 0 Å². The average molecular weight is 154 g/mol. The normalized spacial score (nSPS) is 10.6. The van der Waals surface area contributed by atoms with Gasteiger partial charge in [-0.05, 0) is 18.9 Å². The molecule has 0 aromatic rings. The van der Waals surface area contributed by atoms with Crippen LogP contribution in [-0.4, -0.2) is 6.29 Å². The highest BCUT2D eigenvalue weighted by atomic mass is 16.1. The third-order valence-corrected chi connectivity index (χ3v) is 1.69. The van der Waals surface area contributed by atoms with Crippen molar-refractivity contribution in [3.63, 3.8) is 0 Å². The minimum absolute atomic E-state index is 0.839. The van der Waals surface area contributed by atoms with Crippen molar-refractivity contribution in [1.82, 2.24) is 0 Å². The first-order valence-corrected chi connectivity index (χ1v) is 4.52. The number of aldehydes is 1. The lowest BCUT2D eigenvalue weighted by Crippen LogP contribution is -1.75. The van der Waals surface area contributed by atoms with E-state index in [4.69, 9.17) is 0 Å². The average Bonchev–Trinajstić information content (AvgIpc) is 2.03. The first-order valence-electron chi connectivity index (χ1n) is 4.52. The number of rotatable bonds is 7. The molecule has 0 amide bonds. The first-order chi connectivity index (χ1) is 5.41. The molecule has 0 saturated carbocycles. The summed E-state index contributed by atoms with van der Waals surface area (Å²) in [6.07, 6.45) is 11.9. The minimum atomic E-state index is 0.839. The quantitative estimate of drug-likeness (QED) is 0.313. The molecule has 64 valence electrons. The monoisotopic (exact) mass is 154 g/mol. The smallest absolute Gasteiger partial charge is 0.142 e. The van der Waals surface area contributed by atoms with Crippen molar-refractivity contribution in [3.8, 4) is 0 Å². The van der Waals surface area contributed by atoms with Gasteiger partial charge in [-0.2, -0.15) is 0 Å². The zero-order valence-corrected chi connectivity index (χ0v) is 7.38. The Labute approximate surface area is 69.5 Å². The number of hydrogen-bond acceptors (Lipinski definition) is 1. The standard InChI is InChI=1S/C10H18O/c1-2-3-4-5-6-7-8-9-10-11/h8-10H,2-7H2,1H3/b9-8-. The van der Waals surface area contributed by atoms with Crippen molar-refractivity contribution in [1.29, 1.82) is 0 Å². The van der Waals surface area contributed by atoms with Gasteiger partial charge in [0.2, 0.25) is 0 Å². The second-order valence-corrected chi connectivity index (χ2v) is 2.77. The Balaban J connectivity index is 2.90. The van der Waals surface area contributed by atoms with Gasteiger partial charge in [-0.25, -0.2) is 0 Å². The lowest BCUT2D eigenvalue weighted by molar-refractivity contribution is -0.104. The molecular formula is C10H18O. The Bertz CT molecular complexity index is 105. The number of carbonyl (C=O) groups is 1. The molecule has 0 aromatic heterocycles. The van der Waals surface area contributed by atoms with Crippen molar-refractivity contribution in [2.45, 2.75) is 45.4 Å². The Hall–Kier alpha value is -0.590. The predicted molar refractivity (Wildman–Crippen MR) is 48.6 cm³/mol. The zero-order chi connectivity index (χ0) is 8.36. The molecule has 0 rings (SSSR count). The van der Waals surface area contributed by atoms with E-state index < -0.39 is 0 Å². The minimum Gasteiger partial charge on any atom is -0.299 e. The molecule has 1 nitrogen and oxygen atoms in total. The van der Waals surface area contributed by atoms with Crippen LogP contribution >= 0.6 is 0 Å². The van der Waals surface area contributed by atoms with Crippen LogP contribution in [0.5, 0.6) is 0 Å². The molecule has 1 heteroatoms. The summed E-state index contributed by atoms with van der Waals surface area (Å²) in [6, 6.07) is 0. The molecular weight excluding hydrogens is 136 g/mol. The summed E-state index contributed by atoms with van der Waals surface area (Å²) >= 11 is 0. The Kier molecular flexibility index (Phi) is 8.91. The van der Waals surface area contributed by atoms with E-state index in [0.717, 1.165) is 12.7 Å². The summed E-state index contributed by atoms with van der Waals surface area (Å²) < 4.78 is 0. The molecule has 0 aliphatic rings. The number of unbranched alkanes of at least 4 members (excludes halogenated alkanes) is 5. The first kappa shape index (κ1) is 10.4. The Morgan fingerprint density at radius 2 is 1.82 bits per heavy atom. The van der Waals surface area contributed by atoms with Crippen LogP contribution in [0, 0.1) is 0 Å². The largest absolute Gasteiger partial charge is 0.299 e. The van der Waals surface area contributed by atoms with Gasteiger partial charge in [0.05, 0.1) is 0 Å². The van der Waals surface area contributed by atoms with E-state index in [1.54, 1.807) is 6.08 Å². The van der Waals surface area contributed by atoms with Gasteiger partial charge in [0.1, 0.15) is 6.29 Å². The van der Waals surface area contributed by atoms with Crippen molar-refractivity contribution < 1.29 is 4.79 Å². The number of carbonyl (C=O) groups excluding carboxylic acids is 1. The number of allylic oxidation sites excluding steroid dienone is 2. The van der Waals surface area contributed by atoms with Gasteiger partial charge < -0.3 is 0 Å². The Morgan fingerprint density at radius 3 is 2.45 bits per heavy atom. The lowest BCUT2D eigenvalue weighted by Gasteiger charge is -1.94. The number of hydrogen-bond donors (Lipinski definition) is 0. The van der Waals surface area contributed by atoms with Gasteiger partial charge in [0.25, 0.3) is 0 Å². The highest BCUT2D eigenvalue weighted by Crippen LogP contribution is 2.04.